The van der Waals surface area contributed by atoms with Gasteiger partial charge in [-0.25, -0.2) is 0 Å². The van der Waals surface area contributed by atoms with E-state index in [9.17, 15) is 5.02 Å². The molecule has 0 spiro atoms. The molecule has 0 radical (unpaired) electrons. The van der Waals surface area contributed by atoms with Crippen LogP contribution < -0.4 is 4.81 Å². The molecule has 1 aromatic rings. The number of nitrogens with zero attached hydrogens (tertiary/aromatic N) is 2. The van der Waals surface area contributed by atoms with Gasteiger partial charge in [0.25, 0.3) is 0 Å². The predicted octanol–water partition coefficient (Wildman–Crippen LogP) is 2.52. The Morgan fingerprint density at radius 2 is 1.82 bits per heavy atom. The lowest BCUT2D eigenvalue weighted by Crippen LogP contribution is -2.42. The molecule has 0 aliphatic carbocycles. The number of nitriles is 1. The highest BCUT2D eigenvalue weighted by Gasteiger charge is 2.22. The number of anilines is 1. The van der Waals surface area contributed by atoms with E-state index in [2.05, 4.69) is 26.8 Å². The molecule has 0 saturated heterocycles. The summed E-state index contributed by atoms with van der Waals surface area (Å²) in [6.07, 6.45) is 0. The van der Waals surface area contributed by atoms with Gasteiger partial charge in [0.05, 0.1) is 11.6 Å². The molecule has 1 aromatic carbocycles. The Morgan fingerprint density at radius 1 is 1.29 bits per heavy atom. The Bertz CT molecular complexity index is 401. The van der Waals surface area contributed by atoms with E-state index in [0.717, 1.165) is 12.2 Å². The minimum atomic E-state index is -0.540. The summed E-state index contributed by atoms with van der Waals surface area (Å²) in [7, 11) is -0.540. The van der Waals surface area contributed by atoms with Gasteiger partial charge in [-0.2, -0.15) is 5.26 Å². The molecule has 3 nitrogen and oxygen atoms in total. The summed E-state index contributed by atoms with van der Waals surface area (Å²) in [4.78, 5) is 1.93. The molecule has 0 bridgehead atoms. The van der Waals surface area contributed by atoms with Crippen molar-refractivity contribution in [1.82, 2.24) is 0 Å². The fourth-order valence-corrected chi connectivity index (χ4v) is 1.68. The molecule has 0 saturated carbocycles. The van der Waals surface area contributed by atoms with Gasteiger partial charge in [0.2, 0.25) is 0 Å². The highest BCUT2D eigenvalue weighted by molar-refractivity contribution is 6.53. The van der Waals surface area contributed by atoms with Crippen molar-refractivity contribution in [2.75, 3.05) is 11.4 Å². The average molecular weight is 230 g/mol. The highest BCUT2D eigenvalue weighted by Crippen LogP contribution is 2.22. The third-order valence-electron chi connectivity index (χ3n) is 2.42. The van der Waals surface area contributed by atoms with Crippen molar-refractivity contribution in [3.8, 4) is 6.07 Å². The summed E-state index contributed by atoms with van der Waals surface area (Å²) in [5.41, 5.74) is 1.68. The predicted molar refractivity (Wildman–Crippen MR) is 71.8 cm³/mol. The zero-order chi connectivity index (χ0) is 13.1. The molecule has 0 aliphatic heterocycles. The summed E-state index contributed by atoms with van der Waals surface area (Å²) in [6.45, 7) is 8.91. The van der Waals surface area contributed by atoms with Crippen LogP contribution in [0.2, 0.25) is 6.82 Å². The molecule has 4 heteroatoms. The second kappa shape index (κ2) is 5.24. The summed E-state index contributed by atoms with van der Waals surface area (Å²) in [5.74, 6) is 0. The third-order valence-corrected chi connectivity index (χ3v) is 2.42. The van der Waals surface area contributed by atoms with E-state index in [1.54, 1.807) is 19.0 Å². The quantitative estimate of drug-likeness (QED) is 0.811. The molecule has 0 heterocycles. The van der Waals surface area contributed by atoms with Crippen molar-refractivity contribution in [3.63, 3.8) is 0 Å². The van der Waals surface area contributed by atoms with Gasteiger partial charge in [-0.1, -0.05) is 20.8 Å². The number of hydrogen-bond donors (Lipinski definition) is 1. The number of rotatable bonds is 3. The van der Waals surface area contributed by atoms with Gasteiger partial charge < -0.3 is 9.83 Å². The van der Waals surface area contributed by atoms with Crippen molar-refractivity contribution in [3.05, 3.63) is 29.8 Å². The van der Waals surface area contributed by atoms with Crippen LogP contribution in [0.5, 0.6) is 0 Å². The van der Waals surface area contributed by atoms with Gasteiger partial charge in [-0.3, -0.25) is 0 Å². The van der Waals surface area contributed by atoms with Gasteiger partial charge in [-0.15, -0.1) is 0 Å². The van der Waals surface area contributed by atoms with Crippen LogP contribution in [0.3, 0.4) is 0 Å². The molecule has 0 aromatic heterocycles. The van der Waals surface area contributed by atoms with E-state index in [1.165, 1.54) is 0 Å². The van der Waals surface area contributed by atoms with Crippen LogP contribution >= 0.6 is 0 Å². The third kappa shape index (κ3) is 4.12. The Kier molecular flexibility index (Phi) is 4.19. The van der Waals surface area contributed by atoms with Crippen LogP contribution in [0.4, 0.5) is 5.69 Å². The first-order valence-electron chi connectivity index (χ1n) is 5.78. The fourth-order valence-electron chi connectivity index (χ4n) is 1.68. The maximum Gasteiger partial charge on any atom is 0.409 e. The van der Waals surface area contributed by atoms with Crippen LogP contribution in [-0.2, 0) is 0 Å². The summed E-state index contributed by atoms with van der Waals surface area (Å²) < 4.78 is 0. The molecule has 1 N–H and O–H groups in total. The molecule has 1 rings (SSSR count). The Balaban J connectivity index is 2.94. The smallest absolute Gasteiger partial charge is 0.409 e. The summed E-state index contributed by atoms with van der Waals surface area (Å²) in [6, 6.07) is 9.38. The number of benzene rings is 1. The molecular formula is C13H19BN2O. The first kappa shape index (κ1) is 13.6. The zero-order valence-corrected chi connectivity index (χ0v) is 10.9. The van der Waals surface area contributed by atoms with Crippen molar-refractivity contribution in [2.24, 2.45) is 5.41 Å². The van der Waals surface area contributed by atoms with Crippen LogP contribution in [0.25, 0.3) is 0 Å². The summed E-state index contributed by atoms with van der Waals surface area (Å²) >= 11 is 0. The minimum absolute atomic E-state index is 0.102. The Labute approximate surface area is 104 Å². The molecule has 90 valence electrons. The van der Waals surface area contributed by atoms with E-state index < -0.39 is 7.05 Å². The lowest BCUT2D eigenvalue weighted by molar-refractivity contribution is 0.419. The monoisotopic (exact) mass is 230 g/mol. The molecule has 0 atom stereocenters. The van der Waals surface area contributed by atoms with E-state index in [1.807, 2.05) is 16.9 Å². The molecule has 0 amide bonds. The largest absolute Gasteiger partial charge is 0.432 e. The van der Waals surface area contributed by atoms with Crippen LogP contribution in [0.1, 0.15) is 26.3 Å². The maximum atomic E-state index is 9.82. The highest BCUT2D eigenvalue weighted by atomic mass is 16.2. The molecule has 0 aliphatic rings. The fraction of sp³-hybridized carbons (Fsp3) is 0.462. The second-order valence-corrected chi connectivity index (χ2v) is 5.48. The van der Waals surface area contributed by atoms with Crippen molar-refractivity contribution in [2.45, 2.75) is 27.6 Å². The first-order chi connectivity index (χ1) is 7.83. The van der Waals surface area contributed by atoms with E-state index in [4.69, 9.17) is 5.26 Å². The van der Waals surface area contributed by atoms with E-state index >= 15 is 0 Å². The van der Waals surface area contributed by atoms with Crippen LogP contribution in [0, 0.1) is 16.7 Å². The Morgan fingerprint density at radius 3 is 2.18 bits per heavy atom. The Hall–Kier alpha value is -1.47. The second-order valence-electron chi connectivity index (χ2n) is 5.48. The minimum Gasteiger partial charge on any atom is -0.432 e. The molecule has 0 unspecified atom stereocenters. The van der Waals surface area contributed by atoms with E-state index in [0.29, 0.717) is 5.56 Å². The topological polar surface area (TPSA) is 47.3 Å². The average Bonchev–Trinajstić information content (AvgIpc) is 2.25. The normalized spacial score (nSPS) is 10.8. The lowest BCUT2D eigenvalue weighted by Gasteiger charge is -2.32. The van der Waals surface area contributed by atoms with Gasteiger partial charge in [0.1, 0.15) is 0 Å². The van der Waals surface area contributed by atoms with Gasteiger partial charge in [0, 0.05) is 12.2 Å². The van der Waals surface area contributed by atoms with Crippen LogP contribution in [-0.4, -0.2) is 18.6 Å². The first-order valence-corrected chi connectivity index (χ1v) is 5.78. The SMILES string of the molecule is CB(O)N(CC(C)(C)C)c1ccc(C#N)cc1. The lowest BCUT2D eigenvalue weighted by atomic mass is 9.80. The molecule has 17 heavy (non-hydrogen) atoms. The summed E-state index contributed by atoms with van der Waals surface area (Å²) in [5, 5.41) is 18.6. The van der Waals surface area contributed by atoms with Gasteiger partial charge in [-0.05, 0) is 36.5 Å². The zero-order valence-electron chi connectivity index (χ0n) is 10.9. The van der Waals surface area contributed by atoms with Crippen molar-refractivity contribution >= 4 is 12.7 Å². The maximum absolute atomic E-state index is 9.82. The number of hydrogen-bond acceptors (Lipinski definition) is 3. The standard InChI is InChI=1S/C13H19BN2O/c1-13(2,3)10-16(14(4)17)12-7-5-11(9-15)6-8-12/h5-8,17H,10H2,1-4H3. The van der Waals surface area contributed by atoms with Crippen molar-refractivity contribution < 1.29 is 5.02 Å². The van der Waals surface area contributed by atoms with E-state index in [-0.39, 0.29) is 5.41 Å². The molecule has 0 fully saturated rings. The molecular weight excluding hydrogens is 211 g/mol. The van der Waals surface area contributed by atoms with Crippen molar-refractivity contribution in [1.29, 1.82) is 5.26 Å². The van der Waals surface area contributed by atoms with Gasteiger partial charge >= 0.3 is 7.05 Å². The van der Waals surface area contributed by atoms with Gasteiger partial charge in [0.15, 0.2) is 0 Å². The van der Waals surface area contributed by atoms with Crippen LogP contribution in [0.15, 0.2) is 24.3 Å².